The zero-order valence-electron chi connectivity index (χ0n) is 10.8. The van der Waals surface area contributed by atoms with Crippen LogP contribution in [0.3, 0.4) is 0 Å². The Morgan fingerprint density at radius 1 is 1.21 bits per heavy atom. The van der Waals surface area contributed by atoms with Gasteiger partial charge in [-0.25, -0.2) is 0 Å². The Bertz CT molecular complexity index is 148. The van der Waals surface area contributed by atoms with Crippen LogP contribution < -0.4 is 5.73 Å². The van der Waals surface area contributed by atoms with E-state index >= 15 is 0 Å². The second kappa shape index (κ2) is 5.72. The third-order valence-electron chi connectivity index (χ3n) is 3.08. The first kappa shape index (κ1) is 13.9. The van der Waals surface area contributed by atoms with Gasteiger partial charge in [-0.05, 0) is 33.1 Å². The van der Waals surface area contributed by atoms with Crippen molar-refractivity contribution in [3.8, 4) is 0 Å². The number of rotatable bonds is 6. The normalized spacial score (nSPS) is 16.7. The Morgan fingerprint density at radius 2 is 1.71 bits per heavy atom. The van der Waals surface area contributed by atoms with Crippen molar-refractivity contribution in [1.82, 2.24) is 4.90 Å². The lowest BCUT2D eigenvalue weighted by atomic mass is 9.93. The second-order valence-electron chi connectivity index (χ2n) is 5.19. The molecule has 0 aliphatic carbocycles. The van der Waals surface area contributed by atoms with E-state index in [1.54, 1.807) is 0 Å². The molecule has 0 aromatic carbocycles. The summed E-state index contributed by atoms with van der Waals surface area (Å²) >= 11 is 0. The zero-order chi connectivity index (χ0) is 11.4. The van der Waals surface area contributed by atoms with E-state index in [1.165, 1.54) is 0 Å². The lowest BCUT2D eigenvalue weighted by molar-refractivity contribution is 0.0597. The second-order valence-corrected chi connectivity index (χ2v) is 5.19. The van der Waals surface area contributed by atoms with E-state index in [0.717, 1.165) is 19.5 Å². The van der Waals surface area contributed by atoms with Gasteiger partial charge in [0.1, 0.15) is 0 Å². The predicted octanol–water partition coefficient (Wildman–Crippen LogP) is 2.48. The molecule has 2 heteroatoms. The molecular formula is C12H28N2. The molecule has 86 valence electrons. The summed E-state index contributed by atoms with van der Waals surface area (Å²) in [5.41, 5.74) is 6.06. The summed E-state index contributed by atoms with van der Waals surface area (Å²) in [7, 11) is 0. The Labute approximate surface area is 89.9 Å². The highest BCUT2D eigenvalue weighted by molar-refractivity contribution is 4.88. The van der Waals surface area contributed by atoms with E-state index in [2.05, 4.69) is 46.4 Å². The Morgan fingerprint density at radius 3 is 1.93 bits per heavy atom. The summed E-state index contributed by atoms with van der Waals surface area (Å²) in [5.74, 6) is 0.704. The van der Waals surface area contributed by atoms with Crippen LogP contribution in [0.25, 0.3) is 0 Å². The maximum Gasteiger partial charge on any atom is 0.0303 e. The van der Waals surface area contributed by atoms with Gasteiger partial charge in [0.2, 0.25) is 0 Å². The van der Waals surface area contributed by atoms with Gasteiger partial charge in [0.15, 0.2) is 0 Å². The van der Waals surface area contributed by atoms with Crippen molar-refractivity contribution in [2.24, 2.45) is 11.7 Å². The topological polar surface area (TPSA) is 29.3 Å². The molecule has 1 unspecified atom stereocenters. The largest absolute Gasteiger partial charge is 0.329 e. The molecule has 0 rings (SSSR count). The monoisotopic (exact) mass is 200 g/mol. The van der Waals surface area contributed by atoms with E-state index in [0.29, 0.717) is 12.0 Å². The summed E-state index contributed by atoms with van der Waals surface area (Å²) in [6.45, 7) is 15.4. The fourth-order valence-electron chi connectivity index (χ4n) is 1.91. The fraction of sp³-hybridized carbons (Fsp3) is 1.00. The maximum absolute atomic E-state index is 5.89. The summed E-state index contributed by atoms with van der Waals surface area (Å²) in [6, 6.07) is 0.575. The number of nitrogens with two attached hydrogens (primary N) is 1. The molecule has 0 aliphatic rings. The highest BCUT2D eigenvalue weighted by Crippen LogP contribution is 2.22. The molecular weight excluding hydrogens is 172 g/mol. The third-order valence-corrected chi connectivity index (χ3v) is 3.08. The lowest BCUT2D eigenvalue weighted by Crippen LogP contribution is -2.55. The SMILES string of the molecule is CCC(C)(CN)N(CC(C)C)C(C)C. The van der Waals surface area contributed by atoms with Gasteiger partial charge in [-0.15, -0.1) is 0 Å². The molecule has 0 amide bonds. The van der Waals surface area contributed by atoms with E-state index in [4.69, 9.17) is 5.73 Å². The molecule has 14 heavy (non-hydrogen) atoms. The fourth-order valence-corrected chi connectivity index (χ4v) is 1.91. The van der Waals surface area contributed by atoms with E-state index in [-0.39, 0.29) is 5.54 Å². The van der Waals surface area contributed by atoms with Gasteiger partial charge in [-0.2, -0.15) is 0 Å². The summed E-state index contributed by atoms with van der Waals surface area (Å²) in [4.78, 5) is 2.54. The van der Waals surface area contributed by atoms with Crippen molar-refractivity contribution in [2.45, 2.75) is 59.5 Å². The third kappa shape index (κ3) is 3.58. The highest BCUT2D eigenvalue weighted by atomic mass is 15.2. The van der Waals surface area contributed by atoms with E-state index < -0.39 is 0 Å². The lowest BCUT2D eigenvalue weighted by Gasteiger charge is -2.44. The van der Waals surface area contributed by atoms with Crippen molar-refractivity contribution in [2.75, 3.05) is 13.1 Å². The van der Waals surface area contributed by atoms with Crippen LogP contribution in [0.5, 0.6) is 0 Å². The minimum Gasteiger partial charge on any atom is -0.329 e. The first-order chi connectivity index (χ1) is 6.37. The van der Waals surface area contributed by atoms with Crippen LogP contribution in [0.4, 0.5) is 0 Å². The molecule has 0 heterocycles. The summed E-state index contributed by atoms with van der Waals surface area (Å²) in [6.07, 6.45) is 1.12. The first-order valence-corrected chi connectivity index (χ1v) is 5.84. The van der Waals surface area contributed by atoms with Gasteiger partial charge in [0.25, 0.3) is 0 Å². The number of hydrogen-bond donors (Lipinski definition) is 1. The smallest absolute Gasteiger partial charge is 0.0303 e. The Balaban J connectivity index is 4.61. The van der Waals surface area contributed by atoms with Gasteiger partial charge in [-0.3, -0.25) is 4.90 Å². The average Bonchev–Trinajstić information content (AvgIpc) is 2.12. The minimum atomic E-state index is 0.165. The quantitative estimate of drug-likeness (QED) is 0.714. The Kier molecular flexibility index (Phi) is 5.68. The standard InChI is InChI=1S/C12H28N2/c1-7-12(6,9-13)14(11(4)5)8-10(2)3/h10-11H,7-9,13H2,1-6H3. The first-order valence-electron chi connectivity index (χ1n) is 5.84. The molecule has 1 atom stereocenters. The molecule has 0 aromatic heterocycles. The van der Waals surface area contributed by atoms with Crippen LogP contribution in [-0.4, -0.2) is 29.6 Å². The Hall–Kier alpha value is -0.0800. The average molecular weight is 200 g/mol. The van der Waals surface area contributed by atoms with Crippen LogP contribution in [0.2, 0.25) is 0 Å². The number of nitrogens with zero attached hydrogens (tertiary/aromatic N) is 1. The van der Waals surface area contributed by atoms with Crippen LogP contribution >= 0.6 is 0 Å². The van der Waals surface area contributed by atoms with Crippen LogP contribution in [-0.2, 0) is 0 Å². The molecule has 2 N–H and O–H groups in total. The van der Waals surface area contributed by atoms with Crippen molar-refractivity contribution in [1.29, 1.82) is 0 Å². The molecule has 0 aromatic rings. The van der Waals surface area contributed by atoms with Crippen LogP contribution in [0.15, 0.2) is 0 Å². The molecule has 2 nitrogen and oxygen atoms in total. The maximum atomic E-state index is 5.89. The van der Waals surface area contributed by atoms with Crippen molar-refractivity contribution in [3.63, 3.8) is 0 Å². The van der Waals surface area contributed by atoms with Crippen molar-refractivity contribution >= 4 is 0 Å². The highest BCUT2D eigenvalue weighted by Gasteiger charge is 2.30. The van der Waals surface area contributed by atoms with E-state index in [9.17, 15) is 0 Å². The molecule has 0 fully saturated rings. The van der Waals surface area contributed by atoms with Crippen molar-refractivity contribution < 1.29 is 0 Å². The zero-order valence-corrected chi connectivity index (χ0v) is 10.8. The summed E-state index contributed by atoms with van der Waals surface area (Å²) in [5, 5.41) is 0. The van der Waals surface area contributed by atoms with Gasteiger partial charge in [0, 0.05) is 24.7 Å². The van der Waals surface area contributed by atoms with Gasteiger partial charge in [-0.1, -0.05) is 20.8 Å². The van der Waals surface area contributed by atoms with E-state index in [1.807, 2.05) is 0 Å². The van der Waals surface area contributed by atoms with Gasteiger partial charge < -0.3 is 5.73 Å². The van der Waals surface area contributed by atoms with Gasteiger partial charge in [0.05, 0.1) is 0 Å². The molecule has 0 saturated carbocycles. The molecule has 0 spiro atoms. The van der Waals surface area contributed by atoms with Gasteiger partial charge >= 0.3 is 0 Å². The summed E-state index contributed by atoms with van der Waals surface area (Å²) < 4.78 is 0. The molecule has 0 aliphatic heterocycles. The van der Waals surface area contributed by atoms with Crippen LogP contribution in [0, 0.1) is 5.92 Å². The minimum absolute atomic E-state index is 0.165. The molecule has 0 bridgehead atoms. The predicted molar refractivity (Wildman–Crippen MR) is 64.4 cm³/mol. The number of hydrogen-bond acceptors (Lipinski definition) is 2. The van der Waals surface area contributed by atoms with Crippen LogP contribution in [0.1, 0.15) is 48.0 Å². The van der Waals surface area contributed by atoms with Crippen molar-refractivity contribution in [3.05, 3.63) is 0 Å². The molecule has 0 saturated heterocycles. The molecule has 0 radical (unpaired) electrons.